The Morgan fingerprint density at radius 3 is 2.42 bits per heavy atom. The molecule has 0 aliphatic carbocycles. The summed E-state index contributed by atoms with van der Waals surface area (Å²) in [5.74, 6) is -0.571. The maximum absolute atomic E-state index is 12.4. The molecule has 0 aliphatic heterocycles. The number of hydrogen-bond acceptors (Lipinski definition) is 4. The number of amides is 1. The quantitative estimate of drug-likeness (QED) is 0.761. The Balaban J connectivity index is 2.24. The number of alkyl halides is 2. The maximum atomic E-state index is 12.4. The molecule has 0 saturated heterocycles. The van der Waals surface area contributed by atoms with Crippen molar-refractivity contribution >= 4 is 38.9 Å². The topological polar surface area (TPSA) is 84.5 Å². The van der Waals surface area contributed by atoms with Gasteiger partial charge in [-0.05, 0) is 48.9 Å². The van der Waals surface area contributed by atoms with Gasteiger partial charge in [0.25, 0.3) is 10.0 Å². The van der Waals surface area contributed by atoms with Crippen molar-refractivity contribution in [1.82, 2.24) is 0 Å². The first kappa shape index (κ1) is 19.9. The summed E-state index contributed by atoms with van der Waals surface area (Å²) >= 11 is 5.79. The summed E-state index contributed by atoms with van der Waals surface area (Å²) in [4.78, 5) is 10.9. The molecule has 140 valence electrons. The second-order valence-electron chi connectivity index (χ2n) is 5.29. The summed E-state index contributed by atoms with van der Waals surface area (Å²) in [5, 5.41) is 2.36. The minimum atomic E-state index is -4.00. The standard InChI is InChI=1S/C16H15ClF2N2O4S/c1-9-7-11(3-5-14(9)20-10(2)22)21-26(23,24)12-4-6-15(13(17)8-12)25-16(18)19/h3-8,16,21H,1-2H3,(H,20,22). The van der Waals surface area contributed by atoms with Crippen molar-refractivity contribution in [3.63, 3.8) is 0 Å². The Morgan fingerprint density at radius 1 is 1.19 bits per heavy atom. The van der Waals surface area contributed by atoms with Gasteiger partial charge >= 0.3 is 6.61 Å². The van der Waals surface area contributed by atoms with Gasteiger partial charge in [0.05, 0.1) is 9.92 Å². The van der Waals surface area contributed by atoms with Crippen molar-refractivity contribution in [2.24, 2.45) is 0 Å². The number of benzene rings is 2. The third-order valence-electron chi connectivity index (χ3n) is 3.22. The fourth-order valence-corrected chi connectivity index (χ4v) is 3.48. The van der Waals surface area contributed by atoms with Crippen LogP contribution in [0.15, 0.2) is 41.3 Å². The van der Waals surface area contributed by atoms with E-state index < -0.39 is 16.6 Å². The number of ether oxygens (including phenoxy) is 1. The van der Waals surface area contributed by atoms with E-state index >= 15 is 0 Å². The van der Waals surface area contributed by atoms with Gasteiger partial charge in [-0.15, -0.1) is 0 Å². The molecule has 2 aromatic carbocycles. The summed E-state index contributed by atoms with van der Waals surface area (Å²) in [6.45, 7) is -0.00403. The van der Waals surface area contributed by atoms with Crippen molar-refractivity contribution in [1.29, 1.82) is 0 Å². The number of rotatable bonds is 6. The van der Waals surface area contributed by atoms with Gasteiger partial charge < -0.3 is 10.1 Å². The highest BCUT2D eigenvalue weighted by Gasteiger charge is 2.18. The summed E-state index contributed by atoms with van der Waals surface area (Å²) < 4.78 is 55.9. The van der Waals surface area contributed by atoms with Crippen LogP contribution in [0, 0.1) is 6.92 Å². The first-order valence-corrected chi connectivity index (χ1v) is 9.10. The van der Waals surface area contributed by atoms with Crippen LogP contribution in [-0.2, 0) is 14.8 Å². The van der Waals surface area contributed by atoms with Crippen LogP contribution in [0.2, 0.25) is 5.02 Å². The molecule has 0 unspecified atom stereocenters. The SMILES string of the molecule is CC(=O)Nc1ccc(NS(=O)(=O)c2ccc(OC(F)F)c(Cl)c2)cc1C. The van der Waals surface area contributed by atoms with Crippen LogP contribution >= 0.6 is 11.6 Å². The molecule has 2 N–H and O–H groups in total. The van der Waals surface area contributed by atoms with Crippen LogP contribution in [0.5, 0.6) is 5.75 Å². The zero-order valence-corrected chi connectivity index (χ0v) is 15.3. The highest BCUT2D eigenvalue weighted by atomic mass is 35.5. The van der Waals surface area contributed by atoms with E-state index in [9.17, 15) is 22.0 Å². The minimum Gasteiger partial charge on any atom is -0.433 e. The van der Waals surface area contributed by atoms with Crippen molar-refractivity contribution in [2.75, 3.05) is 10.0 Å². The van der Waals surface area contributed by atoms with E-state index in [1.54, 1.807) is 19.1 Å². The highest BCUT2D eigenvalue weighted by molar-refractivity contribution is 7.92. The minimum absolute atomic E-state index is 0.215. The van der Waals surface area contributed by atoms with Gasteiger partial charge in [-0.3, -0.25) is 9.52 Å². The van der Waals surface area contributed by atoms with Gasteiger partial charge in [0, 0.05) is 18.3 Å². The molecule has 2 aromatic rings. The zero-order chi connectivity index (χ0) is 19.5. The van der Waals surface area contributed by atoms with Crippen molar-refractivity contribution < 1.29 is 26.7 Å². The van der Waals surface area contributed by atoms with E-state index in [4.69, 9.17) is 11.6 Å². The largest absolute Gasteiger partial charge is 0.433 e. The smallest absolute Gasteiger partial charge is 0.387 e. The molecule has 10 heteroatoms. The van der Waals surface area contributed by atoms with E-state index in [-0.39, 0.29) is 27.3 Å². The monoisotopic (exact) mass is 404 g/mol. The molecule has 0 atom stereocenters. The maximum Gasteiger partial charge on any atom is 0.387 e. The Bertz CT molecular complexity index is 936. The fraction of sp³-hybridized carbons (Fsp3) is 0.188. The molecule has 0 aromatic heterocycles. The van der Waals surface area contributed by atoms with Crippen molar-refractivity contribution in [3.8, 4) is 5.75 Å². The first-order valence-electron chi connectivity index (χ1n) is 7.24. The summed E-state index contributed by atoms with van der Waals surface area (Å²) in [6.07, 6.45) is 0. The number of anilines is 2. The Hall–Kier alpha value is -2.39. The van der Waals surface area contributed by atoms with Crippen LogP contribution in [0.3, 0.4) is 0 Å². The molecule has 1 amide bonds. The molecule has 26 heavy (non-hydrogen) atoms. The lowest BCUT2D eigenvalue weighted by Gasteiger charge is -2.13. The predicted octanol–water partition coefficient (Wildman–Crippen LogP) is 4.01. The highest BCUT2D eigenvalue weighted by Crippen LogP contribution is 2.30. The average Bonchev–Trinajstić information content (AvgIpc) is 2.51. The van der Waals surface area contributed by atoms with Gasteiger partial charge in [0.1, 0.15) is 5.75 Å². The van der Waals surface area contributed by atoms with Crippen LogP contribution in [-0.4, -0.2) is 20.9 Å². The molecule has 0 aliphatic rings. The third-order valence-corrected chi connectivity index (χ3v) is 4.89. The number of nitrogens with one attached hydrogen (secondary N) is 2. The number of carbonyl (C=O) groups is 1. The number of aryl methyl sites for hydroxylation is 1. The molecule has 0 saturated carbocycles. The fourth-order valence-electron chi connectivity index (χ4n) is 2.11. The van der Waals surface area contributed by atoms with Gasteiger partial charge in [-0.2, -0.15) is 8.78 Å². The molecular weight excluding hydrogens is 390 g/mol. The van der Waals surface area contributed by atoms with Gasteiger partial charge in [-0.1, -0.05) is 11.6 Å². The Kier molecular flexibility index (Phi) is 6.04. The Morgan fingerprint density at radius 2 is 1.88 bits per heavy atom. The van der Waals surface area contributed by atoms with E-state index in [2.05, 4.69) is 14.8 Å². The van der Waals surface area contributed by atoms with Crippen LogP contribution in [0.4, 0.5) is 20.2 Å². The van der Waals surface area contributed by atoms with E-state index in [0.29, 0.717) is 11.3 Å². The molecule has 0 spiro atoms. The van der Waals surface area contributed by atoms with E-state index in [1.807, 2.05) is 0 Å². The first-order chi connectivity index (χ1) is 12.1. The Labute approximate surface area is 154 Å². The summed E-state index contributed by atoms with van der Waals surface area (Å²) in [6, 6.07) is 7.74. The predicted molar refractivity (Wildman–Crippen MR) is 94.4 cm³/mol. The second-order valence-corrected chi connectivity index (χ2v) is 7.38. The van der Waals surface area contributed by atoms with Crippen LogP contribution < -0.4 is 14.8 Å². The lowest BCUT2D eigenvalue weighted by molar-refractivity contribution is -0.114. The van der Waals surface area contributed by atoms with E-state index in [0.717, 1.165) is 18.2 Å². The third kappa shape index (κ3) is 5.06. The van der Waals surface area contributed by atoms with Crippen LogP contribution in [0.1, 0.15) is 12.5 Å². The lowest BCUT2D eigenvalue weighted by Crippen LogP contribution is -2.14. The molecule has 0 radical (unpaired) electrons. The molecule has 6 nitrogen and oxygen atoms in total. The number of hydrogen-bond donors (Lipinski definition) is 2. The number of carbonyl (C=O) groups excluding carboxylic acids is 1. The van der Waals surface area contributed by atoms with Gasteiger partial charge in [-0.25, -0.2) is 8.42 Å². The number of sulfonamides is 1. The van der Waals surface area contributed by atoms with Crippen LogP contribution in [0.25, 0.3) is 0 Å². The second kappa shape index (κ2) is 7.88. The van der Waals surface area contributed by atoms with Gasteiger partial charge in [0.2, 0.25) is 5.91 Å². The molecule has 0 fully saturated rings. The van der Waals surface area contributed by atoms with Gasteiger partial charge in [0.15, 0.2) is 0 Å². The molecule has 2 rings (SSSR count). The van der Waals surface area contributed by atoms with E-state index in [1.165, 1.54) is 13.0 Å². The number of halogens is 3. The lowest BCUT2D eigenvalue weighted by atomic mass is 10.2. The normalized spacial score (nSPS) is 11.3. The summed E-state index contributed by atoms with van der Waals surface area (Å²) in [7, 11) is -4.00. The van der Waals surface area contributed by atoms with Crippen molar-refractivity contribution in [2.45, 2.75) is 25.4 Å². The average molecular weight is 405 g/mol. The molecule has 0 heterocycles. The molecular formula is C16H15ClF2N2O4S. The molecule has 0 bridgehead atoms. The van der Waals surface area contributed by atoms with Crippen molar-refractivity contribution in [3.05, 3.63) is 47.0 Å². The summed E-state index contributed by atoms with van der Waals surface area (Å²) in [5.41, 5.74) is 1.47. The zero-order valence-electron chi connectivity index (χ0n) is 13.7.